The third kappa shape index (κ3) is 2.57. The maximum atomic E-state index is 12.2. The minimum atomic E-state index is -1.16. The second-order valence-electron chi connectivity index (χ2n) is 6.12. The van der Waals surface area contributed by atoms with Gasteiger partial charge >= 0.3 is 12.0 Å². The zero-order valence-corrected chi connectivity index (χ0v) is 12.1. The maximum absolute atomic E-state index is 12.2. The molecule has 2 fully saturated rings. The Kier molecular flexibility index (Phi) is 3.65. The summed E-state index contributed by atoms with van der Waals surface area (Å²) in [5.74, 6) is -2.03. The molecule has 1 aliphatic carbocycles. The summed E-state index contributed by atoms with van der Waals surface area (Å²) in [4.78, 5) is 47.7. The quantitative estimate of drug-likeness (QED) is 0.618. The molecule has 2 aliphatic rings. The summed E-state index contributed by atoms with van der Waals surface area (Å²) in [7, 11) is 0. The SMILES string of the molecule is CC1(C)C(=O)NC(=O)CN1C(=O)NCC1(C(=O)O)CCC1. The van der Waals surface area contributed by atoms with Gasteiger partial charge in [0.25, 0.3) is 5.91 Å². The predicted molar refractivity (Wildman–Crippen MR) is 71.3 cm³/mol. The van der Waals surface area contributed by atoms with Gasteiger partial charge < -0.3 is 15.3 Å². The number of hydrogen-bond acceptors (Lipinski definition) is 4. The number of rotatable bonds is 3. The second kappa shape index (κ2) is 5.01. The highest BCUT2D eigenvalue weighted by Gasteiger charge is 2.47. The van der Waals surface area contributed by atoms with Crippen molar-refractivity contribution in [2.24, 2.45) is 5.41 Å². The van der Waals surface area contributed by atoms with Crippen molar-refractivity contribution in [3.8, 4) is 0 Å². The lowest BCUT2D eigenvalue weighted by molar-refractivity contribution is -0.154. The van der Waals surface area contributed by atoms with Crippen LogP contribution in [0.15, 0.2) is 0 Å². The fourth-order valence-electron chi connectivity index (χ4n) is 2.52. The van der Waals surface area contributed by atoms with Crippen LogP contribution in [0.2, 0.25) is 0 Å². The largest absolute Gasteiger partial charge is 0.481 e. The number of nitrogens with zero attached hydrogens (tertiary/aromatic N) is 1. The van der Waals surface area contributed by atoms with E-state index in [-0.39, 0.29) is 13.1 Å². The number of carboxylic acid groups (broad SMARTS) is 1. The van der Waals surface area contributed by atoms with Crippen molar-refractivity contribution in [3.63, 3.8) is 0 Å². The summed E-state index contributed by atoms with van der Waals surface area (Å²) in [6, 6.07) is -0.601. The van der Waals surface area contributed by atoms with Crippen molar-refractivity contribution in [2.45, 2.75) is 38.6 Å². The van der Waals surface area contributed by atoms with Crippen LogP contribution in [0.5, 0.6) is 0 Å². The molecule has 8 nitrogen and oxygen atoms in total. The number of urea groups is 1. The molecule has 0 bridgehead atoms. The Balaban J connectivity index is 2.04. The molecule has 1 saturated heterocycles. The van der Waals surface area contributed by atoms with Crippen LogP contribution in [0.25, 0.3) is 0 Å². The number of carbonyl (C=O) groups excluding carboxylic acids is 3. The Morgan fingerprint density at radius 1 is 1.33 bits per heavy atom. The Bertz CT molecular complexity index is 510. The van der Waals surface area contributed by atoms with Gasteiger partial charge in [0.05, 0.1) is 5.41 Å². The number of hydrogen-bond donors (Lipinski definition) is 3. The van der Waals surface area contributed by atoms with Crippen LogP contribution >= 0.6 is 0 Å². The summed E-state index contributed by atoms with van der Waals surface area (Å²) in [5, 5.41) is 13.9. The lowest BCUT2D eigenvalue weighted by Crippen LogP contribution is -2.67. The summed E-state index contributed by atoms with van der Waals surface area (Å²) in [5.41, 5.74) is -2.07. The smallest absolute Gasteiger partial charge is 0.318 e. The van der Waals surface area contributed by atoms with Gasteiger partial charge in [0.2, 0.25) is 5.91 Å². The number of carbonyl (C=O) groups is 4. The first-order valence-corrected chi connectivity index (χ1v) is 6.82. The third-order valence-corrected chi connectivity index (χ3v) is 4.37. The predicted octanol–water partition coefficient (Wildman–Crippen LogP) is -0.312. The summed E-state index contributed by atoms with van der Waals surface area (Å²) in [6.45, 7) is 2.84. The standard InChI is InChI=1S/C13H19N3O5/c1-12(2)9(18)15-8(17)6-16(12)11(21)14-7-13(10(19)20)4-3-5-13/h3-7H2,1-2H3,(H,14,21)(H,19,20)(H,15,17,18). The minimum Gasteiger partial charge on any atom is -0.481 e. The molecule has 1 heterocycles. The number of piperazine rings is 1. The van der Waals surface area contributed by atoms with Crippen LogP contribution in [0.1, 0.15) is 33.1 Å². The van der Waals surface area contributed by atoms with Gasteiger partial charge in [-0.3, -0.25) is 19.7 Å². The molecule has 0 radical (unpaired) electrons. The first-order valence-electron chi connectivity index (χ1n) is 6.82. The third-order valence-electron chi connectivity index (χ3n) is 4.37. The van der Waals surface area contributed by atoms with E-state index in [0.29, 0.717) is 12.8 Å². The topological polar surface area (TPSA) is 116 Å². The Morgan fingerprint density at radius 3 is 2.43 bits per heavy atom. The molecule has 0 aromatic heterocycles. The van der Waals surface area contributed by atoms with Crippen LogP contribution < -0.4 is 10.6 Å². The molecular weight excluding hydrogens is 278 g/mol. The molecule has 0 unspecified atom stereocenters. The molecule has 2 rings (SSSR count). The Labute approximate surface area is 121 Å². The lowest BCUT2D eigenvalue weighted by Gasteiger charge is -2.42. The van der Waals surface area contributed by atoms with Crippen LogP contribution in [0.3, 0.4) is 0 Å². The molecule has 0 aromatic rings. The zero-order chi connectivity index (χ0) is 15.8. The molecule has 0 spiro atoms. The van der Waals surface area contributed by atoms with E-state index in [1.807, 2.05) is 0 Å². The van der Waals surface area contributed by atoms with Crippen LogP contribution in [-0.2, 0) is 14.4 Å². The van der Waals surface area contributed by atoms with Gasteiger partial charge in [-0.25, -0.2) is 4.79 Å². The highest BCUT2D eigenvalue weighted by Crippen LogP contribution is 2.40. The minimum absolute atomic E-state index is 0.00353. The van der Waals surface area contributed by atoms with Crippen molar-refractivity contribution in [2.75, 3.05) is 13.1 Å². The van der Waals surface area contributed by atoms with Crippen molar-refractivity contribution < 1.29 is 24.3 Å². The molecule has 4 amide bonds. The van der Waals surface area contributed by atoms with E-state index in [9.17, 15) is 24.3 Å². The van der Waals surface area contributed by atoms with Crippen LogP contribution in [0.4, 0.5) is 4.79 Å². The summed E-state index contributed by atoms with van der Waals surface area (Å²) < 4.78 is 0. The lowest BCUT2D eigenvalue weighted by atomic mass is 9.69. The molecular formula is C13H19N3O5. The first kappa shape index (κ1) is 15.3. The Hall–Kier alpha value is -2.12. The van der Waals surface area contributed by atoms with Gasteiger partial charge in [-0.05, 0) is 26.7 Å². The average molecular weight is 297 g/mol. The number of aliphatic carboxylic acids is 1. The number of carboxylic acids is 1. The Morgan fingerprint density at radius 2 is 1.95 bits per heavy atom. The van der Waals surface area contributed by atoms with Gasteiger partial charge in [0.15, 0.2) is 0 Å². The molecule has 21 heavy (non-hydrogen) atoms. The van der Waals surface area contributed by atoms with Crippen molar-refractivity contribution >= 4 is 23.8 Å². The number of imide groups is 1. The number of amides is 4. The van der Waals surface area contributed by atoms with Crippen molar-refractivity contribution in [3.05, 3.63) is 0 Å². The molecule has 3 N–H and O–H groups in total. The van der Waals surface area contributed by atoms with E-state index in [0.717, 1.165) is 11.3 Å². The van der Waals surface area contributed by atoms with Gasteiger partial charge in [0, 0.05) is 6.54 Å². The maximum Gasteiger partial charge on any atom is 0.318 e. The monoisotopic (exact) mass is 297 g/mol. The van der Waals surface area contributed by atoms with Gasteiger partial charge in [-0.15, -0.1) is 0 Å². The summed E-state index contributed by atoms with van der Waals surface area (Å²) >= 11 is 0. The fraction of sp³-hybridized carbons (Fsp3) is 0.692. The molecule has 116 valence electrons. The van der Waals surface area contributed by atoms with E-state index >= 15 is 0 Å². The normalized spacial score (nSPS) is 23.0. The molecule has 8 heteroatoms. The second-order valence-corrected chi connectivity index (χ2v) is 6.12. The summed E-state index contributed by atoms with van der Waals surface area (Å²) in [6.07, 6.45) is 1.86. The zero-order valence-electron chi connectivity index (χ0n) is 12.1. The van der Waals surface area contributed by atoms with Gasteiger partial charge in [-0.2, -0.15) is 0 Å². The van der Waals surface area contributed by atoms with Crippen molar-refractivity contribution in [1.82, 2.24) is 15.5 Å². The highest BCUT2D eigenvalue weighted by atomic mass is 16.4. The van der Waals surface area contributed by atoms with Crippen LogP contribution in [-0.4, -0.2) is 52.4 Å². The van der Waals surface area contributed by atoms with Crippen LogP contribution in [0, 0.1) is 5.41 Å². The highest BCUT2D eigenvalue weighted by molar-refractivity contribution is 6.06. The average Bonchev–Trinajstić information content (AvgIpc) is 2.32. The van der Waals surface area contributed by atoms with E-state index in [2.05, 4.69) is 10.6 Å². The van der Waals surface area contributed by atoms with Crippen molar-refractivity contribution in [1.29, 1.82) is 0 Å². The van der Waals surface area contributed by atoms with E-state index in [1.165, 1.54) is 13.8 Å². The first-order chi connectivity index (χ1) is 9.69. The van der Waals surface area contributed by atoms with E-state index < -0.39 is 34.8 Å². The molecule has 1 aliphatic heterocycles. The molecule has 0 atom stereocenters. The fourth-order valence-corrected chi connectivity index (χ4v) is 2.52. The van der Waals surface area contributed by atoms with E-state index in [4.69, 9.17) is 0 Å². The van der Waals surface area contributed by atoms with E-state index in [1.54, 1.807) is 0 Å². The van der Waals surface area contributed by atoms with Gasteiger partial charge in [-0.1, -0.05) is 6.42 Å². The molecule has 1 saturated carbocycles. The van der Waals surface area contributed by atoms with Gasteiger partial charge in [0.1, 0.15) is 12.1 Å². The molecule has 0 aromatic carbocycles. The number of nitrogens with one attached hydrogen (secondary N) is 2.